The molecule has 3 aromatic carbocycles. The van der Waals surface area contributed by atoms with Crippen LogP contribution in [0.25, 0.3) is 11.1 Å². The summed E-state index contributed by atoms with van der Waals surface area (Å²) in [5.74, 6) is -1.84. The minimum absolute atomic E-state index is 0.0513. The van der Waals surface area contributed by atoms with Crippen LogP contribution in [0.5, 0.6) is 0 Å². The Hall–Kier alpha value is -4.54. The average Bonchev–Trinajstić information content (AvgIpc) is 3.60. The number of alkyl carbamates (subject to hydrolysis) is 1. The molecule has 0 unspecified atom stereocenters. The number of carboxylic acids is 1. The largest absolute Gasteiger partial charge is 0.480 e. The van der Waals surface area contributed by atoms with E-state index in [1.165, 1.54) is 6.20 Å². The number of aliphatic carboxylic acids is 1. The Morgan fingerprint density at radius 3 is 2.24 bits per heavy atom. The number of fused-ring (bicyclic) bond motifs is 3. The van der Waals surface area contributed by atoms with E-state index in [2.05, 4.69) is 39.9 Å². The maximum atomic E-state index is 12.8. The molecule has 2 amide bonds. The number of hydrogen-bond donors (Lipinski definition) is 3. The number of ether oxygens (including phenoxy) is 2. The van der Waals surface area contributed by atoms with E-state index in [4.69, 9.17) is 9.47 Å². The fourth-order valence-electron chi connectivity index (χ4n) is 4.78. The monoisotopic (exact) mass is 571 g/mol. The number of aromatic nitrogens is 1. The first-order valence-corrected chi connectivity index (χ1v) is 13.9. The van der Waals surface area contributed by atoms with Crippen LogP contribution in [0.4, 0.5) is 4.79 Å². The minimum atomic E-state index is -1.25. The van der Waals surface area contributed by atoms with Gasteiger partial charge in [-0.2, -0.15) is 0 Å². The Morgan fingerprint density at radius 1 is 0.951 bits per heavy atom. The zero-order chi connectivity index (χ0) is 28.8. The molecule has 0 radical (unpaired) electrons. The number of rotatable bonds is 11. The molecule has 2 atom stereocenters. The van der Waals surface area contributed by atoms with Crippen molar-refractivity contribution in [3.8, 4) is 11.1 Å². The zero-order valence-corrected chi connectivity index (χ0v) is 23.1. The van der Waals surface area contributed by atoms with Crippen LogP contribution in [0.2, 0.25) is 0 Å². The van der Waals surface area contributed by atoms with Crippen LogP contribution < -0.4 is 10.6 Å². The van der Waals surface area contributed by atoms with Crippen molar-refractivity contribution in [3.05, 3.63) is 112 Å². The van der Waals surface area contributed by atoms with Gasteiger partial charge in [-0.15, -0.1) is 11.3 Å². The molecule has 0 bridgehead atoms. The Labute approximate surface area is 241 Å². The molecule has 0 saturated carbocycles. The Balaban J connectivity index is 1.11. The van der Waals surface area contributed by atoms with Gasteiger partial charge in [0.25, 0.3) is 5.91 Å². The van der Waals surface area contributed by atoms with Crippen molar-refractivity contribution in [1.82, 2.24) is 15.6 Å². The van der Waals surface area contributed by atoms with Gasteiger partial charge in [-0.25, -0.2) is 14.6 Å². The van der Waals surface area contributed by atoms with E-state index in [-0.39, 0.29) is 30.6 Å². The number of carboxylic acid groups (broad SMARTS) is 1. The highest BCUT2D eigenvalue weighted by Crippen LogP contribution is 2.44. The third kappa shape index (κ3) is 6.62. The van der Waals surface area contributed by atoms with Gasteiger partial charge in [-0.3, -0.25) is 4.79 Å². The first-order chi connectivity index (χ1) is 19.9. The first-order valence-electron chi connectivity index (χ1n) is 13.1. The second kappa shape index (κ2) is 12.8. The van der Waals surface area contributed by atoms with E-state index < -0.39 is 30.1 Å². The average molecular weight is 572 g/mol. The minimum Gasteiger partial charge on any atom is -0.480 e. The van der Waals surface area contributed by atoms with Gasteiger partial charge in [0.05, 0.1) is 25.5 Å². The summed E-state index contributed by atoms with van der Waals surface area (Å²) in [6.45, 7) is 2.06. The van der Waals surface area contributed by atoms with Crippen molar-refractivity contribution in [1.29, 1.82) is 0 Å². The highest BCUT2D eigenvalue weighted by Gasteiger charge is 2.30. The molecule has 41 heavy (non-hydrogen) atoms. The molecule has 1 aliphatic rings. The summed E-state index contributed by atoms with van der Waals surface area (Å²) in [5, 5.41) is 15.3. The summed E-state index contributed by atoms with van der Waals surface area (Å²) in [6, 6.07) is 24.3. The van der Waals surface area contributed by atoms with Gasteiger partial charge < -0.3 is 25.2 Å². The molecule has 0 spiro atoms. The maximum absolute atomic E-state index is 12.8. The summed E-state index contributed by atoms with van der Waals surface area (Å²) >= 11 is 1.06. The molecule has 4 aromatic rings. The molecule has 0 saturated heterocycles. The number of thiazole rings is 1. The molecular formula is C31H29N3O6S. The second-order valence-corrected chi connectivity index (χ2v) is 10.7. The first kappa shape index (κ1) is 28.0. The summed E-state index contributed by atoms with van der Waals surface area (Å²) in [6.07, 6.45) is -0.0222. The number of hydrogen-bond acceptors (Lipinski definition) is 7. The van der Waals surface area contributed by atoms with Crippen LogP contribution in [0.15, 0.2) is 85.1 Å². The third-order valence-corrected chi connectivity index (χ3v) is 7.88. The summed E-state index contributed by atoms with van der Waals surface area (Å²) in [7, 11) is 0. The molecule has 5 rings (SSSR count). The number of amides is 2. The van der Waals surface area contributed by atoms with Crippen molar-refractivity contribution >= 4 is 29.3 Å². The molecule has 3 N–H and O–H groups in total. The zero-order valence-electron chi connectivity index (χ0n) is 22.3. The summed E-state index contributed by atoms with van der Waals surface area (Å²) in [4.78, 5) is 41.5. The predicted octanol–water partition coefficient (Wildman–Crippen LogP) is 4.97. The third-order valence-electron chi connectivity index (χ3n) is 6.88. The quantitative estimate of drug-likeness (QED) is 0.232. The molecule has 1 aromatic heterocycles. The van der Waals surface area contributed by atoms with Crippen molar-refractivity contribution in [2.24, 2.45) is 0 Å². The number of carbonyl (C=O) groups is 3. The highest BCUT2D eigenvalue weighted by molar-refractivity contribution is 7.13. The van der Waals surface area contributed by atoms with Crippen LogP contribution in [0.3, 0.4) is 0 Å². The number of benzene rings is 3. The Morgan fingerprint density at radius 2 is 1.59 bits per heavy atom. The maximum Gasteiger partial charge on any atom is 0.407 e. The van der Waals surface area contributed by atoms with Crippen molar-refractivity contribution in [2.75, 3.05) is 6.61 Å². The van der Waals surface area contributed by atoms with Gasteiger partial charge in [0.15, 0.2) is 6.04 Å². The summed E-state index contributed by atoms with van der Waals surface area (Å²) < 4.78 is 11.2. The van der Waals surface area contributed by atoms with E-state index in [0.29, 0.717) is 5.01 Å². The van der Waals surface area contributed by atoms with E-state index >= 15 is 0 Å². The van der Waals surface area contributed by atoms with E-state index in [0.717, 1.165) is 39.2 Å². The van der Waals surface area contributed by atoms with E-state index in [9.17, 15) is 19.5 Å². The van der Waals surface area contributed by atoms with Gasteiger partial charge in [0, 0.05) is 5.92 Å². The predicted molar refractivity (Wildman–Crippen MR) is 154 cm³/mol. The van der Waals surface area contributed by atoms with Crippen LogP contribution in [-0.4, -0.2) is 46.8 Å². The van der Waals surface area contributed by atoms with Gasteiger partial charge in [-0.1, -0.05) is 78.9 Å². The van der Waals surface area contributed by atoms with Crippen molar-refractivity contribution in [3.63, 3.8) is 0 Å². The van der Waals surface area contributed by atoms with E-state index in [1.54, 1.807) is 6.92 Å². The Bertz CT molecular complexity index is 1490. The fourth-order valence-corrected chi connectivity index (χ4v) is 5.55. The lowest BCUT2D eigenvalue weighted by Crippen LogP contribution is -2.48. The molecule has 1 aliphatic carbocycles. The lowest BCUT2D eigenvalue weighted by atomic mass is 9.98. The molecule has 210 valence electrons. The second-order valence-electron chi connectivity index (χ2n) is 9.59. The smallest absolute Gasteiger partial charge is 0.407 e. The molecular weight excluding hydrogens is 542 g/mol. The van der Waals surface area contributed by atoms with Crippen molar-refractivity contribution in [2.45, 2.75) is 38.1 Å². The standard InChI is InChI=1S/C31H29N3O6S/c1-19(39-17-20-9-3-2-4-10-20)28(30(36)37)34-29(35)26-15-32-27(41-26)16-33-31(38)40-18-25-23-13-7-5-11-21(23)22-12-6-8-14-24(22)25/h2-15,19,25,28H,16-18H2,1H3,(H,33,38)(H,34,35)(H,36,37)/t19-,28+/m1/s1. The van der Waals surface area contributed by atoms with Gasteiger partial charge in [0.1, 0.15) is 16.5 Å². The highest BCUT2D eigenvalue weighted by atomic mass is 32.1. The SMILES string of the molecule is C[C@@H](OCc1ccccc1)[C@H](NC(=O)c1cnc(CNC(=O)OCC2c3ccccc3-c3ccccc32)s1)C(=O)O. The molecule has 10 heteroatoms. The number of carbonyl (C=O) groups excluding carboxylic acids is 2. The van der Waals surface area contributed by atoms with Crippen LogP contribution in [0, 0.1) is 0 Å². The fraction of sp³-hybridized carbons (Fsp3) is 0.226. The molecule has 0 aliphatic heterocycles. The lowest BCUT2D eigenvalue weighted by molar-refractivity contribution is -0.143. The molecule has 1 heterocycles. The van der Waals surface area contributed by atoms with Crippen LogP contribution >= 0.6 is 11.3 Å². The van der Waals surface area contributed by atoms with Gasteiger partial charge in [0.2, 0.25) is 0 Å². The summed E-state index contributed by atoms with van der Waals surface area (Å²) in [5.41, 5.74) is 5.43. The molecule has 9 nitrogen and oxygen atoms in total. The van der Waals surface area contributed by atoms with Gasteiger partial charge in [-0.05, 0) is 34.7 Å². The van der Waals surface area contributed by atoms with Crippen LogP contribution in [-0.2, 0) is 27.4 Å². The Kier molecular flexibility index (Phi) is 8.71. The number of nitrogens with zero attached hydrogens (tertiary/aromatic N) is 1. The topological polar surface area (TPSA) is 127 Å². The lowest BCUT2D eigenvalue weighted by Gasteiger charge is -2.21. The normalized spacial score (nSPS) is 13.5. The van der Waals surface area contributed by atoms with E-state index in [1.807, 2.05) is 54.6 Å². The molecule has 0 fully saturated rings. The van der Waals surface area contributed by atoms with Gasteiger partial charge >= 0.3 is 12.1 Å². The number of nitrogens with one attached hydrogen (secondary N) is 2. The van der Waals surface area contributed by atoms with Crippen molar-refractivity contribution < 1.29 is 29.0 Å². The van der Waals surface area contributed by atoms with Crippen LogP contribution in [0.1, 0.15) is 44.2 Å².